The molecule has 2 heteroatoms. The van der Waals surface area contributed by atoms with Gasteiger partial charge in [-0.25, -0.2) is 0 Å². The zero-order chi connectivity index (χ0) is 13.9. The first-order chi connectivity index (χ1) is 8.99. The standard InChI is InChI=1S/C17H24BrN/c1-17(2,3)19-10-8-15(9-11-19)12-14-4-6-16(13-18)7-5-14/h4-7,12H,8-11,13H2,1-3H3. The van der Waals surface area contributed by atoms with E-state index in [0.717, 1.165) is 5.33 Å². The molecule has 0 unspecified atom stereocenters. The van der Waals surface area contributed by atoms with E-state index >= 15 is 0 Å². The van der Waals surface area contributed by atoms with Crippen molar-refractivity contribution in [2.24, 2.45) is 0 Å². The molecule has 0 N–H and O–H groups in total. The van der Waals surface area contributed by atoms with Crippen LogP contribution >= 0.6 is 15.9 Å². The minimum atomic E-state index is 0.309. The van der Waals surface area contributed by atoms with Crippen molar-refractivity contribution in [3.8, 4) is 0 Å². The van der Waals surface area contributed by atoms with Gasteiger partial charge in [-0.15, -0.1) is 0 Å². The molecule has 0 atom stereocenters. The van der Waals surface area contributed by atoms with Gasteiger partial charge in [0.05, 0.1) is 0 Å². The van der Waals surface area contributed by atoms with E-state index in [1.165, 1.54) is 37.1 Å². The molecule has 1 saturated heterocycles. The minimum Gasteiger partial charge on any atom is -0.298 e. The Balaban J connectivity index is 1.98. The molecule has 104 valence electrons. The Morgan fingerprint density at radius 2 is 1.68 bits per heavy atom. The Kier molecular flexibility index (Phi) is 4.86. The van der Waals surface area contributed by atoms with Gasteiger partial charge in [0.2, 0.25) is 0 Å². The lowest BCUT2D eigenvalue weighted by Crippen LogP contribution is -2.44. The maximum absolute atomic E-state index is 3.48. The van der Waals surface area contributed by atoms with Gasteiger partial charge in [0.15, 0.2) is 0 Å². The summed E-state index contributed by atoms with van der Waals surface area (Å²) in [5, 5.41) is 0.935. The summed E-state index contributed by atoms with van der Waals surface area (Å²) in [6.45, 7) is 9.30. The molecule has 1 aliphatic rings. The normalized spacial score (nSPS) is 17.6. The Hall–Kier alpha value is -0.600. The van der Waals surface area contributed by atoms with E-state index in [9.17, 15) is 0 Å². The van der Waals surface area contributed by atoms with Gasteiger partial charge in [0, 0.05) is 24.0 Å². The Morgan fingerprint density at radius 1 is 1.11 bits per heavy atom. The van der Waals surface area contributed by atoms with Gasteiger partial charge in [-0.2, -0.15) is 0 Å². The number of nitrogens with zero attached hydrogens (tertiary/aromatic N) is 1. The van der Waals surface area contributed by atoms with Crippen molar-refractivity contribution < 1.29 is 0 Å². The molecular weight excluding hydrogens is 298 g/mol. The molecule has 1 heterocycles. The minimum absolute atomic E-state index is 0.309. The van der Waals surface area contributed by atoms with Crippen molar-refractivity contribution in [1.29, 1.82) is 0 Å². The lowest BCUT2D eigenvalue weighted by Gasteiger charge is -2.39. The summed E-state index contributed by atoms with van der Waals surface area (Å²) in [5.74, 6) is 0. The highest BCUT2D eigenvalue weighted by atomic mass is 79.9. The molecule has 1 aromatic carbocycles. The van der Waals surface area contributed by atoms with E-state index in [1.807, 2.05) is 0 Å². The van der Waals surface area contributed by atoms with Crippen LogP contribution in [0.1, 0.15) is 44.7 Å². The summed E-state index contributed by atoms with van der Waals surface area (Å²) in [7, 11) is 0. The first-order valence-corrected chi connectivity index (χ1v) is 8.20. The number of hydrogen-bond donors (Lipinski definition) is 0. The fourth-order valence-electron chi connectivity index (χ4n) is 2.55. The van der Waals surface area contributed by atoms with E-state index < -0.39 is 0 Å². The van der Waals surface area contributed by atoms with Crippen molar-refractivity contribution in [3.05, 3.63) is 41.0 Å². The number of benzene rings is 1. The molecule has 2 rings (SSSR count). The van der Waals surface area contributed by atoms with E-state index in [2.05, 4.69) is 71.9 Å². The van der Waals surface area contributed by atoms with Crippen LogP contribution in [0.25, 0.3) is 6.08 Å². The second kappa shape index (κ2) is 6.23. The quantitative estimate of drug-likeness (QED) is 0.703. The van der Waals surface area contributed by atoms with Crippen molar-refractivity contribution >= 4 is 22.0 Å². The number of halogens is 1. The Bertz CT molecular complexity index is 429. The maximum atomic E-state index is 3.48. The van der Waals surface area contributed by atoms with E-state index in [1.54, 1.807) is 5.57 Å². The molecule has 0 radical (unpaired) electrons. The van der Waals surface area contributed by atoms with Crippen LogP contribution in [0.15, 0.2) is 29.8 Å². The molecule has 19 heavy (non-hydrogen) atoms. The molecule has 0 amide bonds. The Morgan fingerprint density at radius 3 is 2.16 bits per heavy atom. The highest BCUT2D eigenvalue weighted by Gasteiger charge is 2.24. The predicted octanol–water partition coefficient (Wildman–Crippen LogP) is 4.86. The molecule has 0 aromatic heterocycles. The van der Waals surface area contributed by atoms with Crippen LogP contribution < -0.4 is 0 Å². The molecule has 0 bridgehead atoms. The molecule has 1 aliphatic heterocycles. The first-order valence-electron chi connectivity index (χ1n) is 7.08. The average molecular weight is 322 g/mol. The maximum Gasteiger partial charge on any atom is 0.0283 e. The van der Waals surface area contributed by atoms with E-state index in [-0.39, 0.29) is 0 Å². The fourth-order valence-corrected chi connectivity index (χ4v) is 2.92. The first kappa shape index (κ1) is 14.8. The van der Waals surface area contributed by atoms with E-state index in [0.29, 0.717) is 5.54 Å². The monoisotopic (exact) mass is 321 g/mol. The van der Waals surface area contributed by atoms with Crippen LogP contribution in [0.2, 0.25) is 0 Å². The third-order valence-electron chi connectivity index (χ3n) is 3.86. The highest BCUT2D eigenvalue weighted by molar-refractivity contribution is 9.08. The summed E-state index contributed by atoms with van der Waals surface area (Å²) in [6.07, 6.45) is 4.78. The third kappa shape index (κ3) is 4.19. The van der Waals surface area contributed by atoms with Crippen molar-refractivity contribution in [2.75, 3.05) is 13.1 Å². The van der Waals surface area contributed by atoms with Crippen molar-refractivity contribution in [1.82, 2.24) is 4.90 Å². The molecule has 0 aliphatic carbocycles. The third-order valence-corrected chi connectivity index (χ3v) is 4.51. The average Bonchev–Trinajstić information content (AvgIpc) is 2.39. The van der Waals surface area contributed by atoms with Crippen molar-refractivity contribution in [3.63, 3.8) is 0 Å². The largest absolute Gasteiger partial charge is 0.298 e. The molecule has 1 fully saturated rings. The summed E-state index contributed by atoms with van der Waals surface area (Å²) in [6, 6.07) is 8.84. The summed E-state index contributed by atoms with van der Waals surface area (Å²) >= 11 is 3.48. The van der Waals surface area contributed by atoms with Crippen LogP contribution in [0, 0.1) is 0 Å². The summed E-state index contributed by atoms with van der Waals surface area (Å²) in [4.78, 5) is 2.58. The second-order valence-corrected chi connectivity index (χ2v) is 6.90. The van der Waals surface area contributed by atoms with Crippen LogP contribution in [-0.4, -0.2) is 23.5 Å². The highest BCUT2D eigenvalue weighted by Crippen LogP contribution is 2.24. The number of piperidine rings is 1. The predicted molar refractivity (Wildman–Crippen MR) is 87.6 cm³/mol. The Labute approximate surface area is 125 Å². The van der Waals surface area contributed by atoms with Gasteiger partial charge >= 0.3 is 0 Å². The lowest BCUT2D eigenvalue weighted by molar-refractivity contribution is 0.126. The fraction of sp³-hybridized carbons (Fsp3) is 0.529. The number of likely N-dealkylation sites (tertiary alicyclic amines) is 1. The zero-order valence-electron chi connectivity index (χ0n) is 12.2. The van der Waals surface area contributed by atoms with Gasteiger partial charge < -0.3 is 0 Å². The van der Waals surface area contributed by atoms with Crippen LogP contribution in [0.4, 0.5) is 0 Å². The lowest BCUT2D eigenvalue weighted by atomic mass is 9.96. The number of hydrogen-bond acceptors (Lipinski definition) is 1. The smallest absolute Gasteiger partial charge is 0.0283 e. The number of alkyl halides is 1. The summed E-state index contributed by atoms with van der Waals surface area (Å²) < 4.78 is 0. The summed E-state index contributed by atoms with van der Waals surface area (Å²) in [5.41, 5.74) is 4.57. The van der Waals surface area contributed by atoms with E-state index in [4.69, 9.17) is 0 Å². The molecule has 1 aromatic rings. The van der Waals surface area contributed by atoms with Crippen LogP contribution in [0.5, 0.6) is 0 Å². The van der Waals surface area contributed by atoms with Gasteiger partial charge in [-0.05, 0) is 44.7 Å². The van der Waals surface area contributed by atoms with Crippen LogP contribution in [-0.2, 0) is 5.33 Å². The van der Waals surface area contributed by atoms with Crippen LogP contribution in [0.3, 0.4) is 0 Å². The molecular formula is C17H24BrN. The van der Waals surface area contributed by atoms with Crippen molar-refractivity contribution in [2.45, 2.75) is 44.5 Å². The SMILES string of the molecule is CC(C)(C)N1CCC(=Cc2ccc(CBr)cc2)CC1. The molecule has 1 nitrogen and oxygen atoms in total. The topological polar surface area (TPSA) is 3.24 Å². The zero-order valence-corrected chi connectivity index (χ0v) is 13.8. The van der Waals surface area contributed by atoms with Gasteiger partial charge in [0.1, 0.15) is 0 Å². The molecule has 0 saturated carbocycles. The number of rotatable bonds is 2. The molecule has 0 spiro atoms. The van der Waals surface area contributed by atoms with Gasteiger partial charge in [-0.3, -0.25) is 4.90 Å². The second-order valence-electron chi connectivity index (χ2n) is 6.34. The van der Waals surface area contributed by atoms with Gasteiger partial charge in [0.25, 0.3) is 0 Å². The van der Waals surface area contributed by atoms with Gasteiger partial charge in [-0.1, -0.05) is 51.8 Å².